The second kappa shape index (κ2) is 4.48. The van der Waals surface area contributed by atoms with Crippen molar-refractivity contribution in [3.05, 3.63) is 11.3 Å². The van der Waals surface area contributed by atoms with Crippen LogP contribution in [0.25, 0.3) is 0 Å². The monoisotopic (exact) mass is 221 g/mol. The van der Waals surface area contributed by atoms with Gasteiger partial charge in [-0.05, 0) is 24.7 Å². The summed E-state index contributed by atoms with van der Waals surface area (Å²) in [5.41, 5.74) is 2.77. The van der Waals surface area contributed by atoms with E-state index >= 15 is 0 Å². The van der Waals surface area contributed by atoms with Gasteiger partial charge in [0, 0.05) is 23.7 Å². The first kappa shape index (κ1) is 11.5. The molecule has 2 unspecified atom stereocenters. The molecule has 0 amide bonds. The average Bonchev–Trinajstić information content (AvgIpc) is 2.64. The highest BCUT2D eigenvalue weighted by Gasteiger charge is 2.27. The third-order valence-corrected chi connectivity index (χ3v) is 3.74. The summed E-state index contributed by atoms with van der Waals surface area (Å²) in [6.07, 6.45) is 2.45. The Bertz CT molecular complexity index is 354. The minimum atomic E-state index is 0.617. The molecule has 1 aromatic rings. The van der Waals surface area contributed by atoms with Crippen LogP contribution in [0.5, 0.6) is 0 Å². The summed E-state index contributed by atoms with van der Waals surface area (Å²) in [5, 5.41) is 11.1. The summed E-state index contributed by atoms with van der Waals surface area (Å²) in [6, 6.07) is 0. The predicted molar refractivity (Wildman–Crippen MR) is 67.8 cm³/mol. The zero-order chi connectivity index (χ0) is 11.7. The van der Waals surface area contributed by atoms with Crippen LogP contribution < -0.4 is 5.32 Å². The fourth-order valence-corrected chi connectivity index (χ4v) is 2.36. The molecular weight excluding hydrogens is 198 g/mol. The summed E-state index contributed by atoms with van der Waals surface area (Å²) in [4.78, 5) is 0. The number of rotatable bonds is 3. The highest BCUT2D eigenvalue weighted by atomic mass is 15.2. The van der Waals surface area contributed by atoms with Gasteiger partial charge in [-0.1, -0.05) is 27.7 Å². The topological polar surface area (TPSA) is 40.7 Å². The van der Waals surface area contributed by atoms with Crippen LogP contribution in [-0.4, -0.2) is 16.7 Å². The second-order valence-corrected chi connectivity index (χ2v) is 5.54. The van der Waals surface area contributed by atoms with Gasteiger partial charge < -0.3 is 5.32 Å². The molecule has 0 spiro atoms. The lowest BCUT2D eigenvalue weighted by Crippen LogP contribution is -2.16. The Labute approximate surface area is 98.0 Å². The van der Waals surface area contributed by atoms with Crippen LogP contribution in [0, 0.1) is 11.8 Å². The van der Waals surface area contributed by atoms with Crippen LogP contribution in [0.4, 0.5) is 5.82 Å². The first-order valence-corrected chi connectivity index (χ1v) is 6.40. The van der Waals surface area contributed by atoms with Crippen LogP contribution in [0.15, 0.2) is 0 Å². The molecule has 0 bridgehead atoms. The van der Waals surface area contributed by atoms with Crippen LogP contribution in [-0.2, 0) is 6.42 Å². The molecule has 0 saturated carbocycles. The summed E-state index contributed by atoms with van der Waals surface area (Å²) < 4.78 is 0. The Balaban J connectivity index is 2.15. The third kappa shape index (κ3) is 2.08. The molecule has 3 heteroatoms. The number of aromatic amines is 1. The third-order valence-electron chi connectivity index (χ3n) is 3.74. The number of H-pyrrole nitrogens is 1. The Morgan fingerprint density at radius 1 is 1.44 bits per heavy atom. The molecule has 2 atom stereocenters. The lowest BCUT2D eigenvalue weighted by molar-refractivity contribution is 0.419. The number of aromatic nitrogens is 2. The maximum atomic E-state index is 4.42. The molecule has 16 heavy (non-hydrogen) atoms. The van der Waals surface area contributed by atoms with E-state index in [4.69, 9.17) is 0 Å². The molecule has 2 N–H and O–H groups in total. The van der Waals surface area contributed by atoms with Gasteiger partial charge in [-0.15, -0.1) is 0 Å². The lowest BCUT2D eigenvalue weighted by Gasteiger charge is -2.25. The van der Waals surface area contributed by atoms with Gasteiger partial charge in [0.25, 0.3) is 0 Å². The Hall–Kier alpha value is -0.990. The Kier molecular flexibility index (Phi) is 3.22. The number of fused-ring (bicyclic) bond motifs is 1. The first-order chi connectivity index (χ1) is 7.59. The predicted octanol–water partition coefficient (Wildman–Crippen LogP) is 3.16. The van der Waals surface area contributed by atoms with Crippen molar-refractivity contribution in [3.8, 4) is 0 Å². The molecule has 0 aromatic carbocycles. The van der Waals surface area contributed by atoms with E-state index in [0.717, 1.165) is 24.7 Å². The molecular formula is C13H23N3. The minimum absolute atomic E-state index is 0.617. The average molecular weight is 221 g/mol. The highest BCUT2D eigenvalue weighted by molar-refractivity contribution is 5.48. The molecule has 0 fully saturated rings. The van der Waals surface area contributed by atoms with Crippen molar-refractivity contribution in [3.63, 3.8) is 0 Å². The summed E-state index contributed by atoms with van der Waals surface area (Å²) in [5.74, 6) is 3.13. The lowest BCUT2D eigenvalue weighted by atomic mass is 9.80. The van der Waals surface area contributed by atoms with Crippen molar-refractivity contribution in [2.24, 2.45) is 11.8 Å². The number of nitrogens with one attached hydrogen (secondary N) is 2. The van der Waals surface area contributed by atoms with Crippen LogP contribution >= 0.6 is 0 Å². The van der Waals surface area contributed by atoms with Crippen molar-refractivity contribution < 1.29 is 0 Å². The van der Waals surface area contributed by atoms with E-state index in [2.05, 4.69) is 43.2 Å². The van der Waals surface area contributed by atoms with Gasteiger partial charge in [0.15, 0.2) is 5.82 Å². The van der Waals surface area contributed by atoms with Crippen LogP contribution in [0.1, 0.15) is 51.3 Å². The maximum absolute atomic E-state index is 4.42. The SMILES string of the molecule is CC(C)CNc1n[nH]c2c1CCC(C)C2C. The van der Waals surface area contributed by atoms with Gasteiger partial charge >= 0.3 is 0 Å². The van der Waals surface area contributed by atoms with Crippen molar-refractivity contribution in [1.29, 1.82) is 0 Å². The van der Waals surface area contributed by atoms with E-state index in [1.807, 2.05) is 0 Å². The van der Waals surface area contributed by atoms with Gasteiger partial charge in [0.2, 0.25) is 0 Å². The second-order valence-electron chi connectivity index (χ2n) is 5.54. The number of anilines is 1. The standard InChI is InChI=1S/C13H23N3/c1-8(2)7-14-13-11-6-5-9(3)10(4)12(11)15-16-13/h8-10H,5-7H2,1-4H3,(H2,14,15,16). The normalized spacial score (nSPS) is 24.6. The smallest absolute Gasteiger partial charge is 0.151 e. The van der Waals surface area contributed by atoms with E-state index in [9.17, 15) is 0 Å². The summed E-state index contributed by atoms with van der Waals surface area (Å²) in [6.45, 7) is 10.1. The van der Waals surface area contributed by atoms with E-state index in [1.54, 1.807) is 0 Å². The van der Waals surface area contributed by atoms with E-state index in [0.29, 0.717) is 11.8 Å². The van der Waals surface area contributed by atoms with Gasteiger partial charge in [0.05, 0.1) is 0 Å². The fraction of sp³-hybridized carbons (Fsp3) is 0.769. The molecule has 1 aliphatic rings. The van der Waals surface area contributed by atoms with Crippen molar-refractivity contribution in [2.75, 3.05) is 11.9 Å². The molecule has 1 heterocycles. The molecule has 0 aliphatic heterocycles. The van der Waals surface area contributed by atoms with Crippen molar-refractivity contribution >= 4 is 5.82 Å². The first-order valence-electron chi connectivity index (χ1n) is 6.40. The molecule has 3 nitrogen and oxygen atoms in total. The number of nitrogens with zero attached hydrogens (tertiary/aromatic N) is 1. The van der Waals surface area contributed by atoms with Gasteiger partial charge in [-0.2, -0.15) is 5.10 Å². The van der Waals surface area contributed by atoms with Gasteiger partial charge in [-0.3, -0.25) is 5.10 Å². The van der Waals surface area contributed by atoms with Gasteiger partial charge in [-0.25, -0.2) is 0 Å². The van der Waals surface area contributed by atoms with Gasteiger partial charge in [0.1, 0.15) is 0 Å². The summed E-state index contributed by atoms with van der Waals surface area (Å²) >= 11 is 0. The Morgan fingerprint density at radius 3 is 2.88 bits per heavy atom. The van der Waals surface area contributed by atoms with E-state index < -0.39 is 0 Å². The number of hydrogen-bond acceptors (Lipinski definition) is 2. The van der Waals surface area contributed by atoms with Crippen molar-refractivity contribution in [1.82, 2.24) is 10.2 Å². The zero-order valence-electron chi connectivity index (χ0n) is 10.8. The largest absolute Gasteiger partial charge is 0.368 e. The molecule has 1 aliphatic carbocycles. The van der Waals surface area contributed by atoms with Crippen molar-refractivity contribution in [2.45, 2.75) is 46.5 Å². The Morgan fingerprint density at radius 2 is 2.19 bits per heavy atom. The summed E-state index contributed by atoms with van der Waals surface area (Å²) in [7, 11) is 0. The molecule has 0 radical (unpaired) electrons. The van der Waals surface area contributed by atoms with E-state index in [1.165, 1.54) is 17.7 Å². The molecule has 1 aromatic heterocycles. The quantitative estimate of drug-likeness (QED) is 0.823. The zero-order valence-corrected chi connectivity index (χ0v) is 10.8. The minimum Gasteiger partial charge on any atom is -0.368 e. The molecule has 0 saturated heterocycles. The van der Waals surface area contributed by atoms with E-state index in [-0.39, 0.29) is 0 Å². The molecule has 2 rings (SSSR count). The number of hydrogen-bond donors (Lipinski definition) is 2. The van der Waals surface area contributed by atoms with Crippen LogP contribution in [0.3, 0.4) is 0 Å². The maximum Gasteiger partial charge on any atom is 0.151 e. The fourth-order valence-electron chi connectivity index (χ4n) is 2.36. The van der Waals surface area contributed by atoms with Crippen LogP contribution in [0.2, 0.25) is 0 Å². The highest BCUT2D eigenvalue weighted by Crippen LogP contribution is 2.37. The molecule has 90 valence electrons.